The lowest BCUT2D eigenvalue weighted by atomic mass is 10.2. The molecule has 2 aromatic heterocycles. The molecule has 3 nitrogen and oxygen atoms in total. The Kier molecular flexibility index (Phi) is 2.72. The van der Waals surface area contributed by atoms with E-state index in [9.17, 15) is 4.79 Å². The van der Waals surface area contributed by atoms with E-state index in [-0.39, 0.29) is 5.91 Å². The quantitative estimate of drug-likeness (QED) is 0.793. The van der Waals surface area contributed by atoms with Gasteiger partial charge in [-0.1, -0.05) is 6.07 Å². The molecule has 0 aliphatic carbocycles. The number of fused-ring (bicyclic) bond motifs is 1. The van der Waals surface area contributed by atoms with Crippen molar-refractivity contribution in [2.45, 2.75) is 19.9 Å². The number of hydrogen-bond acceptors (Lipinski definition) is 4. The Hall–Kier alpha value is -1.20. The van der Waals surface area contributed by atoms with Crippen LogP contribution in [0, 0.1) is 0 Å². The average molecular weight is 264 g/mol. The molecule has 17 heavy (non-hydrogen) atoms. The number of thiazole rings is 1. The lowest BCUT2D eigenvalue weighted by Gasteiger charge is -2.24. The third-order valence-electron chi connectivity index (χ3n) is 2.91. The van der Waals surface area contributed by atoms with Crippen LogP contribution in [0.1, 0.15) is 17.5 Å². The third-order valence-corrected chi connectivity index (χ3v) is 5.03. The number of carbonyl (C=O) groups excluding carboxylic acids is 1. The van der Waals surface area contributed by atoms with Gasteiger partial charge in [0.05, 0.1) is 17.1 Å². The van der Waals surface area contributed by atoms with E-state index in [1.165, 1.54) is 15.4 Å². The summed E-state index contributed by atoms with van der Waals surface area (Å²) in [5.41, 5.74) is 1.18. The molecule has 88 valence electrons. The Labute approximate surface area is 108 Å². The van der Waals surface area contributed by atoms with Crippen LogP contribution in [0.4, 0.5) is 0 Å². The van der Waals surface area contributed by atoms with E-state index in [0.29, 0.717) is 0 Å². The number of carbonyl (C=O) groups is 1. The molecule has 0 fully saturated rings. The van der Waals surface area contributed by atoms with Gasteiger partial charge < -0.3 is 4.90 Å². The van der Waals surface area contributed by atoms with Crippen LogP contribution < -0.4 is 0 Å². The molecule has 1 aliphatic rings. The average Bonchev–Trinajstić information content (AvgIpc) is 2.96. The maximum absolute atomic E-state index is 11.4. The van der Waals surface area contributed by atoms with E-state index in [2.05, 4.69) is 16.4 Å². The van der Waals surface area contributed by atoms with Crippen LogP contribution in [0.15, 0.2) is 17.5 Å². The van der Waals surface area contributed by atoms with E-state index in [1.54, 1.807) is 29.6 Å². The van der Waals surface area contributed by atoms with Gasteiger partial charge in [0.2, 0.25) is 5.91 Å². The molecule has 1 amide bonds. The van der Waals surface area contributed by atoms with Crippen molar-refractivity contribution in [3.05, 3.63) is 28.1 Å². The number of nitrogens with zero attached hydrogens (tertiary/aromatic N) is 2. The Morgan fingerprint density at radius 3 is 3.12 bits per heavy atom. The summed E-state index contributed by atoms with van der Waals surface area (Å²) in [6.45, 7) is 3.16. The van der Waals surface area contributed by atoms with Crippen LogP contribution in [-0.4, -0.2) is 22.3 Å². The molecule has 0 atom stereocenters. The van der Waals surface area contributed by atoms with Crippen molar-refractivity contribution >= 4 is 28.6 Å². The van der Waals surface area contributed by atoms with Crippen LogP contribution in [0.3, 0.4) is 0 Å². The first kappa shape index (κ1) is 10.9. The summed E-state index contributed by atoms with van der Waals surface area (Å²) in [4.78, 5) is 20.4. The first-order valence-corrected chi connectivity index (χ1v) is 7.21. The first-order valence-electron chi connectivity index (χ1n) is 5.52. The molecule has 0 radical (unpaired) electrons. The lowest BCUT2D eigenvalue weighted by molar-refractivity contribution is -0.129. The summed E-state index contributed by atoms with van der Waals surface area (Å²) in [5, 5.41) is 3.16. The largest absolute Gasteiger partial charge is 0.337 e. The molecule has 0 bridgehead atoms. The summed E-state index contributed by atoms with van der Waals surface area (Å²) in [5.74, 6) is 0.154. The van der Waals surface area contributed by atoms with Crippen LogP contribution in [0.5, 0.6) is 0 Å². The van der Waals surface area contributed by atoms with Gasteiger partial charge >= 0.3 is 0 Å². The third kappa shape index (κ3) is 2.00. The zero-order valence-corrected chi connectivity index (χ0v) is 11.1. The maximum Gasteiger partial charge on any atom is 0.219 e. The number of amides is 1. The molecule has 3 rings (SSSR count). The fraction of sp³-hybridized carbons (Fsp3) is 0.333. The summed E-state index contributed by atoms with van der Waals surface area (Å²) in [6, 6.07) is 4.14. The van der Waals surface area contributed by atoms with Gasteiger partial charge in [-0.2, -0.15) is 0 Å². The Morgan fingerprint density at radius 1 is 1.53 bits per heavy atom. The first-order chi connectivity index (χ1) is 8.24. The predicted octanol–water partition coefficient (Wildman–Crippen LogP) is 2.78. The second-order valence-corrected chi connectivity index (χ2v) is 6.09. The Bertz CT molecular complexity index is 545. The zero-order valence-electron chi connectivity index (χ0n) is 9.47. The molecule has 2 aromatic rings. The number of hydrogen-bond donors (Lipinski definition) is 0. The SMILES string of the molecule is CC(=O)N1CCc2nc(-c3cccs3)sc2C1. The summed E-state index contributed by atoms with van der Waals surface area (Å²) >= 11 is 3.43. The molecule has 0 N–H and O–H groups in total. The molecule has 5 heteroatoms. The summed E-state index contributed by atoms with van der Waals surface area (Å²) < 4.78 is 0. The Morgan fingerprint density at radius 2 is 2.41 bits per heavy atom. The lowest BCUT2D eigenvalue weighted by Crippen LogP contribution is -2.33. The minimum absolute atomic E-state index is 0.154. The monoisotopic (exact) mass is 264 g/mol. The van der Waals surface area contributed by atoms with Gasteiger partial charge in [0, 0.05) is 24.8 Å². The highest BCUT2D eigenvalue weighted by molar-refractivity contribution is 7.21. The van der Waals surface area contributed by atoms with Crippen molar-refractivity contribution in [2.24, 2.45) is 0 Å². The summed E-state index contributed by atoms with van der Waals surface area (Å²) in [6.07, 6.45) is 0.886. The van der Waals surface area contributed by atoms with Crippen LogP contribution in [-0.2, 0) is 17.8 Å². The molecule has 0 unspecified atom stereocenters. The molecule has 3 heterocycles. The number of rotatable bonds is 1. The standard InChI is InChI=1S/C12H12N2OS2/c1-8(15)14-5-4-9-11(7-14)17-12(13-9)10-3-2-6-16-10/h2-3,6H,4-5,7H2,1H3. The number of aromatic nitrogens is 1. The highest BCUT2D eigenvalue weighted by Crippen LogP contribution is 2.33. The van der Waals surface area contributed by atoms with Gasteiger partial charge in [-0.3, -0.25) is 4.79 Å². The van der Waals surface area contributed by atoms with E-state index in [1.807, 2.05) is 11.0 Å². The van der Waals surface area contributed by atoms with Crippen molar-refractivity contribution in [1.82, 2.24) is 9.88 Å². The van der Waals surface area contributed by atoms with Crippen molar-refractivity contribution < 1.29 is 4.79 Å². The van der Waals surface area contributed by atoms with E-state index >= 15 is 0 Å². The molecular weight excluding hydrogens is 252 g/mol. The van der Waals surface area contributed by atoms with Gasteiger partial charge in [0.1, 0.15) is 5.01 Å². The minimum atomic E-state index is 0.154. The van der Waals surface area contributed by atoms with Gasteiger partial charge in [-0.05, 0) is 11.4 Å². The molecule has 0 saturated heterocycles. The second kappa shape index (κ2) is 4.23. The highest BCUT2D eigenvalue weighted by Gasteiger charge is 2.22. The van der Waals surface area contributed by atoms with Crippen molar-refractivity contribution in [3.63, 3.8) is 0 Å². The molecule has 0 saturated carbocycles. The van der Waals surface area contributed by atoms with Crippen LogP contribution in [0.2, 0.25) is 0 Å². The van der Waals surface area contributed by atoms with E-state index in [4.69, 9.17) is 0 Å². The Balaban J connectivity index is 1.92. The molecule has 0 aromatic carbocycles. The maximum atomic E-state index is 11.4. The van der Waals surface area contributed by atoms with Crippen molar-refractivity contribution in [2.75, 3.05) is 6.54 Å². The fourth-order valence-electron chi connectivity index (χ4n) is 1.97. The topological polar surface area (TPSA) is 33.2 Å². The molecule has 1 aliphatic heterocycles. The zero-order chi connectivity index (χ0) is 11.8. The van der Waals surface area contributed by atoms with E-state index < -0.39 is 0 Å². The van der Waals surface area contributed by atoms with Gasteiger partial charge in [-0.15, -0.1) is 22.7 Å². The van der Waals surface area contributed by atoms with Crippen LogP contribution >= 0.6 is 22.7 Å². The van der Waals surface area contributed by atoms with Gasteiger partial charge in [-0.25, -0.2) is 4.98 Å². The van der Waals surface area contributed by atoms with Crippen molar-refractivity contribution in [3.8, 4) is 9.88 Å². The van der Waals surface area contributed by atoms with Gasteiger partial charge in [0.25, 0.3) is 0 Å². The van der Waals surface area contributed by atoms with Gasteiger partial charge in [0.15, 0.2) is 0 Å². The smallest absolute Gasteiger partial charge is 0.219 e. The summed E-state index contributed by atoms with van der Waals surface area (Å²) in [7, 11) is 0. The molecular formula is C12H12N2OS2. The van der Waals surface area contributed by atoms with E-state index in [0.717, 1.165) is 24.5 Å². The number of thiophene rings is 1. The van der Waals surface area contributed by atoms with Crippen molar-refractivity contribution in [1.29, 1.82) is 0 Å². The highest BCUT2D eigenvalue weighted by atomic mass is 32.1. The minimum Gasteiger partial charge on any atom is -0.337 e. The molecule has 0 spiro atoms. The fourth-order valence-corrected chi connectivity index (χ4v) is 3.89. The normalized spacial score (nSPS) is 14.8. The predicted molar refractivity (Wildman–Crippen MR) is 70.2 cm³/mol. The van der Waals surface area contributed by atoms with Crippen LogP contribution in [0.25, 0.3) is 9.88 Å². The second-order valence-electron chi connectivity index (χ2n) is 4.06.